The number of nitrogens with two attached hydrogens (primary N) is 4. The molecule has 9 N–H and O–H groups in total. The molecule has 0 saturated carbocycles. The van der Waals surface area contributed by atoms with Crippen molar-refractivity contribution >= 4 is 466 Å². The summed E-state index contributed by atoms with van der Waals surface area (Å²) in [6.07, 6.45) is 11.3. The molecule has 4 aliphatic rings. The number of nitrogens with one attached hydrogen (secondary N) is 1. The van der Waals surface area contributed by atoms with E-state index >= 15 is 0 Å². The van der Waals surface area contributed by atoms with Gasteiger partial charge in [-0.2, -0.15) is 39.9 Å². The second-order valence-corrected chi connectivity index (χ2v) is 24.0. The summed E-state index contributed by atoms with van der Waals surface area (Å²) in [7, 11) is 4.56. The van der Waals surface area contributed by atoms with Crippen LogP contribution in [0.3, 0.4) is 0 Å². The number of carbonyl (C=O) groups excluding carboxylic acids is 3. The van der Waals surface area contributed by atoms with E-state index in [1.165, 1.54) is 398 Å². The molecule has 0 fully saturated rings. The minimum absolute atomic E-state index is 0. The van der Waals surface area contributed by atoms with Crippen LogP contribution in [0, 0.1) is 30.3 Å². The average Bonchev–Trinajstić information content (AvgIpc) is 1.63. The third-order valence-corrected chi connectivity index (χ3v) is 16.1. The zero-order valence-electron chi connectivity index (χ0n) is 75.5. The molecule has 13 rings (SSSR count). The number of amides is 3. The summed E-state index contributed by atoms with van der Waals surface area (Å²) in [5, 5.41) is 35.0. The zero-order chi connectivity index (χ0) is 95.7. The quantitative estimate of drug-likeness (QED) is 0.0408. The number of imidazole rings is 1. The molecule has 9 aromatic rings. The number of anilines is 7. The third-order valence-electron chi connectivity index (χ3n) is 16.1. The Kier molecular flexibility index (Phi) is 75.8. The summed E-state index contributed by atoms with van der Waals surface area (Å²) in [5.41, 5.74) is 24.4. The Hall–Kier alpha value is 4.08. The average molecular weight is 2120 g/mol. The molecule has 3 amide bonds. The Bertz CT molecular complexity index is 5210. The second-order valence-electron chi connectivity index (χ2n) is 24.0. The van der Waals surface area contributed by atoms with E-state index in [4.69, 9.17) is 89.3 Å². The molecule has 9 heterocycles. The van der Waals surface area contributed by atoms with Crippen molar-refractivity contribution in [1.82, 2.24) is 49.4 Å². The summed E-state index contributed by atoms with van der Waals surface area (Å²) in [4.78, 5) is 121. The van der Waals surface area contributed by atoms with Gasteiger partial charge in [0, 0.05) is 18.2 Å². The van der Waals surface area contributed by atoms with E-state index in [1.807, 2.05) is 18.2 Å². The van der Waals surface area contributed by atoms with E-state index < -0.39 is 67.6 Å². The predicted octanol–water partition coefficient (Wildman–Crippen LogP) is 5.18. The number of aromatic nitrogens is 10. The summed E-state index contributed by atoms with van der Waals surface area (Å²) in [6, 6.07) is 22.0. The number of aromatic amines is 1. The van der Waals surface area contributed by atoms with Crippen molar-refractivity contribution in [3.05, 3.63) is 191 Å². The van der Waals surface area contributed by atoms with Crippen molar-refractivity contribution in [3.8, 4) is 64.3 Å². The molecule has 4 aromatic carbocycles. The number of rotatable bonds is 9. The SMILES string of the molecule is C.C.CCOC(=O)N1Cc2cc(OC)cc(c2)OC/C=C/COc2nc(N)c([N+](=O)[O-])c1n2.CCOC(=O)N1Cc2cc(OC)cc(c2)OC/C=C\COc2nc(N)c([N+](=O)[O-])c1n2.CCOC(=O)N1Cc2cccc(c2)OC/C=C\COc2nc(N)c([N+](=O)[O-])c1n2.COc1cc2cc(c1)OC/C=C\COc1nc(N)c3[nH]c(=O)n(c3n1)C2.[K][K].[K][K].[K][K].[K][K].[K][K].[K][K]. The fraction of sp³-hybridized carbons (Fsp3) is 0.307. The van der Waals surface area contributed by atoms with Gasteiger partial charge in [0.15, 0.2) is 11.5 Å². The Labute approximate surface area is 1030 Å². The Balaban J connectivity index is 0.000000566. The number of fused-ring (bicyclic) bond motifs is 15. The molecule has 16 bridgehead atoms. The third kappa shape index (κ3) is 44.6. The second kappa shape index (κ2) is 75.7. The molecule has 44 nitrogen and oxygen atoms in total. The van der Waals surface area contributed by atoms with Gasteiger partial charge in [-0.05, 0) is 140 Å². The van der Waals surface area contributed by atoms with Gasteiger partial charge >= 0.3 is 444 Å². The predicted molar refractivity (Wildman–Crippen MR) is 499 cm³/mol. The molecule has 0 unspecified atom stereocenters. The van der Waals surface area contributed by atoms with Gasteiger partial charge in [-0.25, -0.2) is 19.2 Å². The summed E-state index contributed by atoms with van der Waals surface area (Å²) in [5.74, 6) is 1.63. The topological polar surface area (TPSA) is 565 Å². The number of methoxy groups -OCH3 is 3. The van der Waals surface area contributed by atoms with Gasteiger partial charge in [0.1, 0.15) is 98.6 Å². The Morgan fingerprint density at radius 2 is 0.664 bits per heavy atom. The molecule has 0 atom stereocenters. The Morgan fingerprint density at radius 1 is 0.389 bits per heavy atom. The van der Waals surface area contributed by atoms with Gasteiger partial charge in [-0.15, -0.1) is 0 Å². The first-order valence-corrected chi connectivity index (χ1v) is 137. The summed E-state index contributed by atoms with van der Waals surface area (Å²) < 4.78 is 77.1. The molecule has 642 valence electrons. The van der Waals surface area contributed by atoms with Crippen molar-refractivity contribution in [3.63, 3.8) is 0 Å². The number of H-pyrrole nitrogens is 1. The number of carbonyl (C=O) groups is 3. The molecule has 0 aliphatic carbocycles. The number of nitrogen functional groups attached to an aromatic ring is 4. The maximum atomic E-state index is 12.7. The van der Waals surface area contributed by atoms with E-state index in [-0.39, 0.29) is 153 Å². The first-order valence-electron chi connectivity index (χ1n) is 41.3. The van der Waals surface area contributed by atoms with Crippen LogP contribution in [-0.4, -0.2) is 555 Å². The van der Waals surface area contributed by atoms with Gasteiger partial charge < -0.3 is 94.2 Å². The molecule has 56 heteroatoms. The van der Waals surface area contributed by atoms with E-state index in [2.05, 4.69) is 44.9 Å². The van der Waals surface area contributed by atoms with Crippen LogP contribution in [0.25, 0.3) is 11.2 Å². The molecule has 0 saturated heterocycles. The van der Waals surface area contributed by atoms with Gasteiger partial charge in [0.2, 0.25) is 34.9 Å². The molecular formula is C75H86K12N20O24. The van der Waals surface area contributed by atoms with Crippen molar-refractivity contribution in [2.45, 2.75) is 61.8 Å². The zero-order valence-corrected chi connectivity index (χ0v) is 113. The summed E-state index contributed by atoms with van der Waals surface area (Å²) >= 11 is 15.0. The number of nitro groups is 3. The fourth-order valence-corrected chi connectivity index (χ4v) is 11.0. The van der Waals surface area contributed by atoms with Gasteiger partial charge in [0.25, 0.3) is 0 Å². The summed E-state index contributed by atoms with van der Waals surface area (Å²) in [6.45, 7) is 6.58. The number of hydrogen-bond acceptors (Lipinski definition) is 36. The van der Waals surface area contributed by atoms with Crippen molar-refractivity contribution < 1.29 is 95.5 Å². The van der Waals surface area contributed by atoms with Crippen LogP contribution >= 0.6 is 0 Å². The van der Waals surface area contributed by atoms with E-state index in [0.29, 0.717) is 81.3 Å². The molecule has 4 aliphatic heterocycles. The van der Waals surface area contributed by atoms with Crippen LogP contribution in [0.2, 0.25) is 0 Å². The minimum atomic E-state index is -0.855. The van der Waals surface area contributed by atoms with Crippen LogP contribution in [-0.2, 0) is 40.4 Å². The maximum absolute atomic E-state index is 12.7. The van der Waals surface area contributed by atoms with Gasteiger partial charge in [0.05, 0.1) is 82.1 Å². The number of nitrogens with zero attached hydrogens (tertiary/aromatic N) is 15. The monoisotopic (exact) mass is 2120 g/mol. The van der Waals surface area contributed by atoms with Crippen LogP contribution < -0.4 is 95.4 Å². The first kappa shape index (κ1) is 131. The normalized spacial score (nSPS) is 13.5. The van der Waals surface area contributed by atoms with E-state index in [1.54, 1.807) is 137 Å². The van der Waals surface area contributed by atoms with Crippen LogP contribution in [0.1, 0.15) is 57.9 Å². The molecule has 0 radical (unpaired) electrons. The van der Waals surface area contributed by atoms with Crippen molar-refractivity contribution in [2.75, 3.05) is 132 Å². The van der Waals surface area contributed by atoms with E-state index in [0.717, 1.165) is 20.3 Å². The van der Waals surface area contributed by atoms with Gasteiger partial charge in [-0.1, -0.05) is 27.0 Å². The van der Waals surface area contributed by atoms with Crippen LogP contribution in [0.5, 0.6) is 64.3 Å². The molecular weight excluding hydrogens is 2030 g/mol. The molecule has 0 spiro atoms. The number of hydrogen-bond donors (Lipinski definition) is 5. The van der Waals surface area contributed by atoms with Crippen molar-refractivity contribution in [1.29, 1.82) is 0 Å². The van der Waals surface area contributed by atoms with Crippen molar-refractivity contribution in [2.24, 2.45) is 0 Å². The standard InChI is InChI=1S/2C19H21N5O7.C18H19N5O6.C17H17N5O4.2CH4.12K/c2*1-3-29-19(25)23-11-12-8-13(28-2)10-14(9-12)30-6-4-5-7-31-18-21-16(20)15(24(26)27)17(23)22-18;1-2-27-18(24)22-11-12-6-5-7-13(10-12)28-8-3-4-9-29-17-20-15(19)14(23(25)26)16(22)21-17;1-24-11-6-10-7-12(8-11)25-4-2-3-5-26-16-20-14(18)13-15(21-16)22(9-10)17(23)19-13;;;;;;;;;;;;;;/h2*4-5,8-10H,3,6-7,11H2,1-2H3,(H2,20,21,22);3-7,10H,2,8-9,11H2,1H3,(H2,19,20,21);2-3,6-8H,4-5,9H2,1H3,(H,19,23)(H2,18,20,21);2*1H4;;;;;;;;;;;;/b5-4+;5-4-;4-3-;3-2-;;;;;;;;;;;;;;. The first-order chi connectivity index (χ1) is 62.5. The number of benzene rings is 4. The van der Waals surface area contributed by atoms with Crippen LogP contribution in [0.4, 0.5) is 72.2 Å². The fourth-order valence-electron chi connectivity index (χ4n) is 11.0. The Morgan fingerprint density at radius 3 is 0.969 bits per heavy atom. The molecule has 5 aromatic heterocycles. The van der Waals surface area contributed by atoms with Gasteiger partial charge in [-0.3, -0.25) is 49.6 Å². The molecule has 131 heavy (non-hydrogen) atoms. The van der Waals surface area contributed by atoms with Crippen LogP contribution in [0.15, 0.2) is 132 Å². The number of ether oxygens (including phenoxy) is 14. The van der Waals surface area contributed by atoms with E-state index in [9.17, 15) is 49.5 Å².